The molecule has 0 spiro atoms. The Morgan fingerprint density at radius 1 is 1.35 bits per heavy atom. The van der Waals surface area contributed by atoms with Crippen LogP contribution in [0.3, 0.4) is 0 Å². The van der Waals surface area contributed by atoms with E-state index in [4.69, 9.17) is 21.2 Å². The van der Waals surface area contributed by atoms with Crippen molar-refractivity contribution in [3.05, 3.63) is 40.6 Å². The van der Waals surface area contributed by atoms with E-state index in [0.29, 0.717) is 10.6 Å². The molecule has 0 saturated heterocycles. The molecular formula is C14H16ClNO4. The fraction of sp³-hybridized carbons (Fsp3) is 0.357. The lowest BCUT2D eigenvalue weighted by atomic mass is 9.99. The zero-order chi connectivity index (χ0) is 14.9. The maximum absolute atomic E-state index is 12.5. The van der Waals surface area contributed by atoms with Crippen molar-refractivity contribution in [3.8, 4) is 0 Å². The zero-order valence-corrected chi connectivity index (χ0v) is 12.3. The lowest BCUT2D eigenvalue weighted by Gasteiger charge is -2.30. The van der Waals surface area contributed by atoms with Gasteiger partial charge in [-0.05, 0) is 19.9 Å². The van der Waals surface area contributed by atoms with Gasteiger partial charge in [-0.2, -0.15) is 0 Å². The molecule has 0 bridgehead atoms. The van der Waals surface area contributed by atoms with Crippen molar-refractivity contribution in [2.45, 2.75) is 19.4 Å². The van der Waals surface area contributed by atoms with Crippen LogP contribution >= 0.6 is 11.6 Å². The molecule has 0 aromatic heterocycles. The first-order chi connectivity index (χ1) is 9.41. The van der Waals surface area contributed by atoms with Gasteiger partial charge in [-0.3, -0.25) is 4.79 Å². The lowest BCUT2D eigenvalue weighted by Crippen LogP contribution is -2.43. The van der Waals surface area contributed by atoms with E-state index in [0.717, 1.165) is 5.06 Å². The van der Waals surface area contributed by atoms with Crippen molar-refractivity contribution in [1.82, 2.24) is 5.06 Å². The Kier molecular flexibility index (Phi) is 4.04. The maximum atomic E-state index is 12.5. The number of hydrogen-bond donors (Lipinski definition) is 1. The molecule has 0 radical (unpaired) electrons. The number of aliphatic hydroxyl groups is 1. The molecule has 0 unspecified atom stereocenters. The number of hydrogen-bond acceptors (Lipinski definition) is 4. The van der Waals surface area contributed by atoms with Crippen molar-refractivity contribution in [2.75, 3.05) is 13.9 Å². The molecule has 0 saturated carbocycles. The lowest BCUT2D eigenvalue weighted by molar-refractivity contribution is -0.238. The summed E-state index contributed by atoms with van der Waals surface area (Å²) in [5, 5.41) is 11.9. The smallest absolute Gasteiger partial charge is 0.282 e. The summed E-state index contributed by atoms with van der Waals surface area (Å²) < 4.78 is 4.80. The molecule has 5 nitrogen and oxygen atoms in total. The predicted octanol–water partition coefficient (Wildman–Crippen LogP) is 2.77. The Balaban J connectivity index is 2.46. The normalized spacial score (nSPS) is 18.0. The van der Waals surface area contributed by atoms with E-state index in [9.17, 15) is 9.90 Å². The molecule has 0 atom stereocenters. The van der Waals surface area contributed by atoms with Gasteiger partial charge in [-0.15, -0.1) is 0 Å². The molecule has 1 aromatic carbocycles. The fourth-order valence-corrected chi connectivity index (χ4v) is 2.32. The molecule has 1 aliphatic heterocycles. The number of rotatable bonds is 4. The van der Waals surface area contributed by atoms with Crippen molar-refractivity contribution in [3.63, 3.8) is 0 Å². The van der Waals surface area contributed by atoms with Crippen LogP contribution in [0.5, 0.6) is 0 Å². The summed E-state index contributed by atoms with van der Waals surface area (Å²) >= 11 is 6.10. The Labute approximate surface area is 122 Å². The SMILES string of the molecule is COCON1C(=O)C(c2ccccc2Cl)=C(O)C1(C)C. The van der Waals surface area contributed by atoms with Crippen LogP contribution in [0.4, 0.5) is 0 Å². The highest BCUT2D eigenvalue weighted by Crippen LogP contribution is 2.40. The summed E-state index contributed by atoms with van der Waals surface area (Å²) in [6.45, 7) is 3.28. The Hall–Kier alpha value is -1.56. The molecule has 1 amide bonds. The number of halogens is 1. The summed E-state index contributed by atoms with van der Waals surface area (Å²) in [6, 6.07) is 6.85. The summed E-state index contributed by atoms with van der Waals surface area (Å²) in [4.78, 5) is 17.7. The first-order valence-corrected chi connectivity index (χ1v) is 6.44. The van der Waals surface area contributed by atoms with Gasteiger partial charge in [-0.1, -0.05) is 29.8 Å². The second kappa shape index (κ2) is 5.44. The van der Waals surface area contributed by atoms with Gasteiger partial charge in [0.1, 0.15) is 11.3 Å². The minimum atomic E-state index is -0.982. The van der Waals surface area contributed by atoms with Gasteiger partial charge in [0.2, 0.25) is 0 Å². The number of hydroxylamine groups is 2. The van der Waals surface area contributed by atoms with Crippen LogP contribution in [0.15, 0.2) is 30.0 Å². The highest BCUT2D eigenvalue weighted by atomic mass is 35.5. The van der Waals surface area contributed by atoms with Crippen molar-refractivity contribution >= 4 is 23.1 Å². The minimum absolute atomic E-state index is 0.0771. The van der Waals surface area contributed by atoms with Gasteiger partial charge in [0.15, 0.2) is 6.79 Å². The second-order valence-electron chi connectivity index (χ2n) is 4.90. The summed E-state index contributed by atoms with van der Waals surface area (Å²) in [5.41, 5.74) is -0.352. The van der Waals surface area contributed by atoms with Gasteiger partial charge in [0.05, 0.1) is 5.57 Å². The minimum Gasteiger partial charge on any atom is -0.509 e. The predicted molar refractivity (Wildman–Crippen MR) is 74.9 cm³/mol. The monoisotopic (exact) mass is 297 g/mol. The molecule has 1 N–H and O–H groups in total. The third-order valence-electron chi connectivity index (χ3n) is 3.17. The second-order valence-corrected chi connectivity index (χ2v) is 5.30. The van der Waals surface area contributed by atoms with Gasteiger partial charge < -0.3 is 9.84 Å². The van der Waals surface area contributed by atoms with Crippen LogP contribution in [0.25, 0.3) is 5.57 Å². The quantitative estimate of drug-likeness (QED) is 0.868. The van der Waals surface area contributed by atoms with Gasteiger partial charge >= 0.3 is 0 Å². The van der Waals surface area contributed by atoms with Crippen LogP contribution in [0, 0.1) is 0 Å². The first kappa shape index (κ1) is 14.8. The van der Waals surface area contributed by atoms with Crippen molar-refractivity contribution in [2.24, 2.45) is 0 Å². The number of amides is 1. The highest BCUT2D eigenvalue weighted by molar-refractivity contribution is 6.35. The number of aliphatic hydroxyl groups excluding tert-OH is 1. The van der Waals surface area contributed by atoms with Gasteiger partial charge in [0.25, 0.3) is 5.91 Å². The average Bonchev–Trinajstić information content (AvgIpc) is 2.56. The largest absolute Gasteiger partial charge is 0.509 e. The topological polar surface area (TPSA) is 59.0 Å². The van der Waals surface area contributed by atoms with Crippen LogP contribution < -0.4 is 0 Å². The molecule has 0 aliphatic carbocycles. The Morgan fingerprint density at radius 2 is 2.00 bits per heavy atom. The number of methoxy groups -OCH3 is 1. The van der Waals surface area contributed by atoms with Crippen LogP contribution in [-0.2, 0) is 14.4 Å². The van der Waals surface area contributed by atoms with Crippen molar-refractivity contribution < 1.29 is 19.5 Å². The zero-order valence-electron chi connectivity index (χ0n) is 11.5. The molecule has 0 fully saturated rings. The van der Waals surface area contributed by atoms with Gasteiger partial charge in [-0.25, -0.2) is 9.90 Å². The fourth-order valence-electron chi connectivity index (χ4n) is 2.09. The van der Waals surface area contributed by atoms with Crippen LogP contribution in [-0.4, -0.2) is 35.5 Å². The van der Waals surface area contributed by atoms with Crippen LogP contribution in [0.2, 0.25) is 5.02 Å². The number of carbonyl (C=O) groups is 1. The van der Waals surface area contributed by atoms with Crippen molar-refractivity contribution in [1.29, 1.82) is 0 Å². The third kappa shape index (κ3) is 2.28. The molecule has 1 heterocycles. The van der Waals surface area contributed by atoms with E-state index >= 15 is 0 Å². The number of carbonyl (C=O) groups excluding carboxylic acids is 1. The van der Waals surface area contributed by atoms with E-state index in [1.165, 1.54) is 7.11 Å². The molecule has 108 valence electrons. The summed E-state index contributed by atoms with van der Waals surface area (Å²) in [6.07, 6.45) is 0. The summed E-state index contributed by atoms with van der Waals surface area (Å²) in [5.74, 6) is -0.524. The van der Waals surface area contributed by atoms with E-state index in [-0.39, 0.29) is 18.1 Å². The van der Waals surface area contributed by atoms with Crippen LogP contribution in [0.1, 0.15) is 19.4 Å². The molecule has 1 aromatic rings. The molecule has 6 heteroatoms. The first-order valence-electron chi connectivity index (χ1n) is 6.06. The maximum Gasteiger partial charge on any atom is 0.282 e. The molecular weight excluding hydrogens is 282 g/mol. The van der Waals surface area contributed by atoms with E-state index in [1.807, 2.05) is 0 Å². The number of nitrogens with zero attached hydrogens (tertiary/aromatic N) is 1. The van der Waals surface area contributed by atoms with E-state index in [2.05, 4.69) is 0 Å². The third-order valence-corrected chi connectivity index (χ3v) is 3.49. The standard InChI is InChI=1S/C14H16ClNO4/c1-14(2)12(17)11(9-6-4-5-7-10(9)15)13(18)16(14)20-8-19-3/h4-7,17H,8H2,1-3H3. The molecule has 20 heavy (non-hydrogen) atoms. The van der Waals surface area contributed by atoms with Gasteiger partial charge in [0, 0.05) is 17.7 Å². The summed E-state index contributed by atoms with van der Waals surface area (Å²) in [7, 11) is 1.45. The highest BCUT2D eigenvalue weighted by Gasteiger charge is 2.48. The number of ether oxygens (including phenoxy) is 1. The molecule has 1 aliphatic rings. The number of benzene rings is 1. The average molecular weight is 298 g/mol. The Bertz CT molecular complexity index is 568. The van der Waals surface area contributed by atoms with E-state index in [1.54, 1.807) is 38.1 Å². The Morgan fingerprint density at radius 3 is 2.60 bits per heavy atom. The van der Waals surface area contributed by atoms with E-state index < -0.39 is 11.4 Å². The molecule has 2 rings (SSSR count).